The van der Waals surface area contributed by atoms with E-state index in [9.17, 15) is 19.5 Å². The Labute approximate surface area is 231 Å². The zero-order valence-electron chi connectivity index (χ0n) is 21.4. The van der Waals surface area contributed by atoms with Crippen LogP contribution in [0, 0.1) is 5.41 Å². The molecule has 5 N–H and O–H groups in total. The van der Waals surface area contributed by atoms with E-state index in [4.69, 9.17) is 27.9 Å². The Morgan fingerprint density at radius 2 is 1.97 bits per heavy atom. The summed E-state index contributed by atoms with van der Waals surface area (Å²) in [7, 11) is 0. The van der Waals surface area contributed by atoms with Gasteiger partial charge in [-0.2, -0.15) is 0 Å². The Bertz CT molecular complexity index is 1230. The van der Waals surface area contributed by atoms with Gasteiger partial charge < -0.3 is 31.1 Å². The summed E-state index contributed by atoms with van der Waals surface area (Å²) in [6, 6.07) is 8.53. The van der Waals surface area contributed by atoms with E-state index in [1.807, 2.05) is 0 Å². The third kappa shape index (κ3) is 8.26. The van der Waals surface area contributed by atoms with Crippen LogP contribution in [0.5, 0.6) is 5.75 Å². The van der Waals surface area contributed by atoms with Crippen LogP contribution in [0.25, 0.3) is 0 Å². The van der Waals surface area contributed by atoms with E-state index in [1.54, 1.807) is 31.2 Å². The van der Waals surface area contributed by atoms with E-state index in [1.165, 1.54) is 12.1 Å². The van der Waals surface area contributed by atoms with Gasteiger partial charge in [-0.25, -0.2) is 0 Å². The highest BCUT2D eigenvalue weighted by Crippen LogP contribution is 2.36. The number of aromatic hydroxyl groups is 1. The third-order valence-electron chi connectivity index (χ3n) is 5.64. The molecule has 12 heteroatoms. The van der Waals surface area contributed by atoms with Gasteiger partial charge >= 0.3 is 5.97 Å². The Morgan fingerprint density at radius 3 is 2.66 bits per heavy atom. The molecule has 3 rings (SSSR count). The third-order valence-corrected chi connectivity index (χ3v) is 6.15. The molecule has 38 heavy (non-hydrogen) atoms. The van der Waals surface area contributed by atoms with Crippen molar-refractivity contribution in [1.82, 2.24) is 16.0 Å². The molecule has 1 heterocycles. The molecular weight excluding hydrogens is 533 g/mol. The van der Waals surface area contributed by atoms with Crippen LogP contribution in [-0.2, 0) is 14.3 Å². The van der Waals surface area contributed by atoms with E-state index in [0.29, 0.717) is 23.8 Å². The van der Waals surface area contributed by atoms with Gasteiger partial charge in [-0.05, 0) is 37.3 Å². The van der Waals surface area contributed by atoms with Gasteiger partial charge in [-0.3, -0.25) is 19.4 Å². The number of aliphatic imine (C=N–C) groups is 1. The predicted octanol–water partition coefficient (Wildman–Crippen LogP) is 3.64. The SMILES string of the molecule is CCOC(=O)CC(NC(=O)CNC(=O)c1cccc(NC2=NCC(C)(C)CN2)c1)c1cc(Cl)cc(Cl)c1O. The molecule has 10 nitrogen and oxygen atoms in total. The maximum Gasteiger partial charge on any atom is 0.308 e. The van der Waals surface area contributed by atoms with Crippen molar-refractivity contribution >= 4 is 52.6 Å². The molecule has 0 saturated carbocycles. The Hall–Kier alpha value is -3.50. The largest absolute Gasteiger partial charge is 0.506 e. The summed E-state index contributed by atoms with van der Waals surface area (Å²) < 4.78 is 4.98. The second-order valence-corrected chi connectivity index (χ2v) is 10.4. The number of guanidine groups is 1. The van der Waals surface area contributed by atoms with Crippen LogP contribution >= 0.6 is 23.2 Å². The van der Waals surface area contributed by atoms with E-state index in [2.05, 4.69) is 40.1 Å². The zero-order valence-corrected chi connectivity index (χ0v) is 22.9. The molecule has 2 aromatic carbocycles. The quantitative estimate of drug-likeness (QED) is 0.293. The highest BCUT2D eigenvalue weighted by Gasteiger charge is 2.25. The number of amides is 2. The number of halogens is 2. The van der Waals surface area contributed by atoms with E-state index < -0.39 is 23.8 Å². The first-order chi connectivity index (χ1) is 18.0. The number of carbonyl (C=O) groups is 3. The number of hydrogen-bond donors (Lipinski definition) is 5. The van der Waals surface area contributed by atoms with Gasteiger partial charge in [0.05, 0.1) is 30.6 Å². The number of anilines is 1. The minimum atomic E-state index is -0.990. The van der Waals surface area contributed by atoms with Gasteiger partial charge in [-0.1, -0.05) is 43.1 Å². The van der Waals surface area contributed by atoms with Crippen molar-refractivity contribution in [1.29, 1.82) is 0 Å². The summed E-state index contributed by atoms with van der Waals surface area (Å²) >= 11 is 12.1. The molecule has 1 aliphatic heterocycles. The number of phenolic OH excluding ortho intramolecular Hbond substituents is 1. The summed E-state index contributed by atoms with van der Waals surface area (Å²) in [5.74, 6) is -1.36. The standard InChI is InChI=1S/C26H31Cl2N5O5/c1-4-38-22(35)11-20(18-9-16(27)10-19(28)23(18)36)33-21(34)12-29-24(37)15-6-5-7-17(8-15)32-25-30-13-26(2,3)14-31-25/h5-10,20,36H,4,11-14H2,1-3H3,(H,29,37)(H,33,34)(H2,30,31,32). The number of esters is 1. The van der Waals surface area contributed by atoms with E-state index >= 15 is 0 Å². The van der Waals surface area contributed by atoms with Gasteiger partial charge in [0.15, 0.2) is 5.96 Å². The Morgan fingerprint density at radius 1 is 1.21 bits per heavy atom. The van der Waals surface area contributed by atoms with Crippen molar-refractivity contribution in [3.05, 3.63) is 57.6 Å². The minimum Gasteiger partial charge on any atom is -0.506 e. The molecule has 0 bridgehead atoms. The van der Waals surface area contributed by atoms with Crippen molar-refractivity contribution < 1.29 is 24.2 Å². The van der Waals surface area contributed by atoms with Crippen molar-refractivity contribution in [3.8, 4) is 5.75 Å². The van der Waals surface area contributed by atoms with Gasteiger partial charge in [0.2, 0.25) is 5.91 Å². The Balaban J connectivity index is 1.64. The molecule has 0 spiro atoms. The number of benzene rings is 2. The summed E-state index contributed by atoms with van der Waals surface area (Å²) in [5, 5.41) is 22.2. The van der Waals surface area contributed by atoms with E-state index in [0.717, 1.165) is 6.54 Å². The highest BCUT2D eigenvalue weighted by molar-refractivity contribution is 6.35. The lowest BCUT2D eigenvalue weighted by Crippen LogP contribution is -2.44. The lowest BCUT2D eigenvalue weighted by atomic mass is 9.93. The summed E-state index contributed by atoms with van der Waals surface area (Å²) in [6.45, 7) is 7.10. The summed E-state index contributed by atoms with van der Waals surface area (Å²) in [5.41, 5.74) is 1.22. The van der Waals surface area contributed by atoms with E-state index in [-0.39, 0.29) is 46.3 Å². The topological polar surface area (TPSA) is 141 Å². The van der Waals surface area contributed by atoms with Crippen molar-refractivity contribution in [2.45, 2.75) is 33.2 Å². The van der Waals surface area contributed by atoms with Gasteiger partial charge in [0.1, 0.15) is 5.75 Å². The van der Waals surface area contributed by atoms with Crippen LogP contribution in [0.4, 0.5) is 5.69 Å². The van der Waals surface area contributed by atoms with Gasteiger partial charge in [-0.15, -0.1) is 0 Å². The van der Waals surface area contributed by atoms with Crippen molar-refractivity contribution in [3.63, 3.8) is 0 Å². The number of carbonyl (C=O) groups excluding carboxylic acids is 3. The average Bonchev–Trinajstić information content (AvgIpc) is 2.86. The van der Waals surface area contributed by atoms with Crippen molar-refractivity contribution in [2.75, 3.05) is 31.6 Å². The fourth-order valence-electron chi connectivity index (χ4n) is 3.67. The smallest absolute Gasteiger partial charge is 0.308 e. The Kier molecular flexibility index (Phi) is 9.82. The van der Waals surface area contributed by atoms with Crippen LogP contribution in [0.3, 0.4) is 0 Å². The number of phenols is 1. The minimum absolute atomic E-state index is 0.0319. The van der Waals surface area contributed by atoms with Crippen molar-refractivity contribution in [2.24, 2.45) is 10.4 Å². The van der Waals surface area contributed by atoms with Gasteiger partial charge in [0, 0.05) is 40.3 Å². The normalized spacial score (nSPS) is 14.9. The number of hydrogen-bond acceptors (Lipinski definition) is 8. The maximum atomic E-state index is 12.7. The molecule has 0 aliphatic carbocycles. The zero-order chi connectivity index (χ0) is 27.9. The number of rotatable bonds is 9. The summed E-state index contributed by atoms with van der Waals surface area (Å²) in [4.78, 5) is 42.1. The molecule has 0 aromatic heterocycles. The molecule has 0 saturated heterocycles. The number of nitrogens with zero attached hydrogens (tertiary/aromatic N) is 1. The second-order valence-electron chi connectivity index (χ2n) is 9.53. The molecule has 0 fully saturated rings. The first kappa shape index (κ1) is 29.1. The molecule has 204 valence electrons. The molecule has 1 aliphatic rings. The summed E-state index contributed by atoms with van der Waals surface area (Å²) in [6.07, 6.45) is -0.277. The second kappa shape index (κ2) is 12.8. The molecule has 2 amide bonds. The van der Waals surface area contributed by atoms with Crippen LogP contribution in [0.15, 0.2) is 41.4 Å². The average molecular weight is 564 g/mol. The lowest BCUT2D eigenvalue weighted by molar-refractivity contribution is -0.143. The maximum absolute atomic E-state index is 12.7. The molecule has 0 radical (unpaired) electrons. The fourth-order valence-corrected chi connectivity index (χ4v) is 4.18. The fraction of sp³-hybridized carbons (Fsp3) is 0.385. The first-order valence-electron chi connectivity index (χ1n) is 12.0. The monoisotopic (exact) mass is 563 g/mol. The lowest BCUT2D eigenvalue weighted by Gasteiger charge is -2.29. The number of nitrogens with one attached hydrogen (secondary N) is 4. The van der Waals surface area contributed by atoms with Crippen LogP contribution < -0.4 is 21.3 Å². The first-order valence-corrected chi connectivity index (χ1v) is 12.8. The molecular formula is C26H31Cl2N5O5. The van der Waals surface area contributed by atoms with Gasteiger partial charge in [0.25, 0.3) is 5.91 Å². The molecule has 2 aromatic rings. The van der Waals surface area contributed by atoms with Crippen LogP contribution in [-0.4, -0.2) is 55.1 Å². The molecule has 1 atom stereocenters. The number of ether oxygens (including phenoxy) is 1. The molecule has 1 unspecified atom stereocenters. The van der Waals surface area contributed by atoms with Crippen LogP contribution in [0.2, 0.25) is 10.0 Å². The van der Waals surface area contributed by atoms with Crippen LogP contribution in [0.1, 0.15) is 49.2 Å². The highest BCUT2D eigenvalue weighted by atomic mass is 35.5. The predicted molar refractivity (Wildman–Crippen MR) is 147 cm³/mol.